The molecule has 0 spiro atoms. The lowest BCUT2D eigenvalue weighted by atomic mass is 9.98. The van der Waals surface area contributed by atoms with Crippen molar-refractivity contribution in [1.82, 2.24) is 4.98 Å². The molecular formula is C14H18N2S. The second kappa shape index (κ2) is 5.32. The molecule has 2 rings (SSSR count). The second-order valence-electron chi connectivity index (χ2n) is 4.64. The molecule has 2 heterocycles. The lowest BCUT2D eigenvalue weighted by Crippen LogP contribution is -2.16. The first-order chi connectivity index (χ1) is 8.16. The molecule has 0 aliphatic rings. The van der Waals surface area contributed by atoms with Gasteiger partial charge in [-0.15, -0.1) is 0 Å². The van der Waals surface area contributed by atoms with Crippen molar-refractivity contribution < 1.29 is 0 Å². The Kier molecular flexibility index (Phi) is 3.79. The average molecular weight is 246 g/mol. The Hall–Kier alpha value is -1.35. The molecule has 0 saturated heterocycles. The van der Waals surface area contributed by atoms with Crippen molar-refractivity contribution in [2.24, 2.45) is 5.92 Å². The molecule has 0 fully saturated rings. The van der Waals surface area contributed by atoms with Crippen LogP contribution in [0.2, 0.25) is 0 Å². The smallest absolute Gasteiger partial charge is 0.126 e. The first-order valence-electron chi connectivity index (χ1n) is 5.88. The summed E-state index contributed by atoms with van der Waals surface area (Å²) in [7, 11) is 0. The molecule has 0 bridgehead atoms. The lowest BCUT2D eigenvalue weighted by Gasteiger charge is -2.22. The summed E-state index contributed by atoms with van der Waals surface area (Å²) < 4.78 is 0. The Morgan fingerprint density at radius 1 is 1.29 bits per heavy atom. The first-order valence-corrected chi connectivity index (χ1v) is 6.82. The van der Waals surface area contributed by atoms with Crippen molar-refractivity contribution in [2.75, 3.05) is 5.32 Å². The normalized spacial score (nSPS) is 12.7. The number of aryl methyl sites for hydroxylation is 1. The van der Waals surface area contributed by atoms with Gasteiger partial charge in [0.25, 0.3) is 0 Å². The molecule has 90 valence electrons. The number of thiophene rings is 1. The van der Waals surface area contributed by atoms with Gasteiger partial charge in [-0.2, -0.15) is 11.3 Å². The quantitative estimate of drug-likeness (QED) is 0.872. The highest BCUT2D eigenvalue weighted by Gasteiger charge is 2.16. The fourth-order valence-electron chi connectivity index (χ4n) is 1.86. The fourth-order valence-corrected chi connectivity index (χ4v) is 2.56. The summed E-state index contributed by atoms with van der Waals surface area (Å²) in [6.07, 6.45) is 1.85. The highest BCUT2D eigenvalue weighted by atomic mass is 32.1. The molecular weight excluding hydrogens is 228 g/mol. The molecule has 17 heavy (non-hydrogen) atoms. The Morgan fingerprint density at radius 3 is 2.71 bits per heavy atom. The summed E-state index contributed by atoms with van der Waals surface area (Å²) in [5, 5.41) is 7.84. The molecule has 3 heteroatoms. The van der Waals surface area contributed by atoms with E-state index in [4.69, 9.17) is 0 Å². The monoisotopic (exact) mass is 246 g/mol. The number of nitrogens with zero attached hydrogens (tertiary/aromatic N) is 1. The zero-order valence-corrected chi connectivity index (χ0v) is 11.3. The van der Waals surface area contributed by atoms with Gasteiger partial charge in [-0.25, -0.2) is 4.98 Å². The third-order valence-electron chi connectivity index (χ3n) is 2.79. The molecule has 0 amide bonds. The molecule has 0 aliphatic heterocycles. The van der Waals surface area contributed by atoms with Crippen molar-refractivity contribution in [3.8, 4) is 0 Å². The highest BCUT2D eigenvalue weighted by Crippen LogP contribution is 2.27. The van der Waals surface area contributed by atoms with E-state index in [1.165, 1.54) is 11.1 Å². The maximum Gasteiger partial charge on any atom is 0.126 e. The summed E-state index contributed by atoms with van der Waals surface area (Å²) >= 11 is 1.74. The number of rotatable bonds is 4. The number of hydrogen-bond donors (Lipinski definition) is 1. The summed E-state index contributed by atoms with van der Waals surface area (Å²) in [4.78, 5) is 4.36. The van der Waals surface area contributed by atoms with Crippen molar-refractivity contribution in [3.63, 3.8) is 0 Å². The number of anilines is 1. The third-order valence-corrected chi connectivity index (χ3v) is 3.49. The van der Waals surface area contributed by atoms with E-state index >= 15 is 0 Å². The van der Waals surface area contributed by atoms with Gasteiger partial charge in [-0.05, 0) is 52.9 Å². The van der Waals surface area contributed by atoms with Crippen LogP contribution >= 0.6 is 11.3 Å². The largest absolute Gasteiger partial charge is 0.363 e. The molecule has 2 aromatic rings. The summed E-state index contributed by atoms with van der Waals surface area (Å²) in [5.41, 5.74) is 2.57. The Balaban J connectivity index is 2.19. The fraction of sp³-hybridized carbons (Fsp3) is 0.357. The van der Waals surface area contributed by atoms with E-state index in [1.807, 2.05) is 12.3 Å². The molecule has 1 atom stereocenters. The minimum absolute atomic E-state index is 0.329. The van der Waals surface area contributed by atoms with Crippen molar-refractivity contribution in [2.45, 2.75) is 26.8 Å². The summed E-state index contributed by atoms with van der Waals surface area (Å²) in [5.74, 6) is 1.49. The third kappa shape index (κ3) is 3.07. The van der Waals surface area contributed by atoms with Crippen LogP contribution in [0.5, 0.6) is 0 Å². The van der Waals surface area contributed by atoms with Gasteiger partial charge in [-0.3, -0.25) is 0 Å². The zero-order chi connectivity index (χ0) is 12.3. The molecule has 1 unspecified atom stereocenters. The van der Waals surface area contributed by atoms with E-state index in [0.29, 0.717) is 12.0 Å². The van der Waals surface area contributed by atoms with E-state index in [2.05, 4.69) is 54.0 Å². The predicted molar refractivity (Wildman–Crippen MR) is 74.5 cm³/mol. The first kappa shape index (κ1) is 12.1. The molecule has 2 nitrogen and oxygen atoms in total. The van der Waals surface area contributed by atoms with Crippen LogP contribution in [-0.2, 0) is 0 Å². The zero-order valence-electron chi connectivity index (χ0n) is 10.5. The van der Waals surface area contributed by atoms with Crippen LogP contribution in [0.25, 0.3) is 0 Å². The van der Waals surface area contributed by atoms with Gasteiger partial charge >= 0.3 is 0 Å². The van der Waals surface area contributed by atoms with Gasteiger partial charge in [0.2, 0.25) is 0 Å². The van der Waals surface area contributed by atoms with E-state index in [1.54, 1.807) is 11.3 Å². The maximum atomic E-state index is 4.36. The van der Waals surface area contributed by atoms with Gasteiger partial charge < -0.3 is 5.32 Å². The van der Waals surface area contributed by atoms with Crippen LogP contribution in [-0.4, -0.2) is 4.98 Å². The minimum Gasteiger partial charge on any atom is -0.363 e. The maximum absolute atomic E-state index is 4.36. The van der Waals surface area contributed by atoms with Crippen LogP contribution < -0.4 is 5.32 Å². The lowest BCUT2D eigenvalue weighted by molar-refractivity contribution is 0.546. The van der Waals surface area contributed by atoms with E-state index in [-0.39, 0.29) is 0 Å². The van der Waals surface area contributed by atoms with Crippen LogP contribution in [0.4, 0.5) is 5.82 Å². The Labute approximate surface area is 107 Å². The van der Waals surface area contributed by atoms with E-state index in [0.717, 1.165) is 5.82 Å². The van der Waals surface area contributed by atoms with Crippen molar-refractivity contribution >= 4 is 17.2 Å². The Bertz CT molecular complexity index is 463. The molecule has 0 aliphatic carbocycles. The van der Waals surface area contributed by atoms with Gasteiger partial charge in [0.05, 0.1) is 6.04 Å². The number of nitrogens with one attached hydrogen (secondary N) is 1. The second-order valence-corrected chi connectivity index (χ2v) is 5.42. The van der Waals surface area contributed by atoms with Gasteiger partial charge in [-0.1, -0.05) is 13.8 Å². The number of hydrogen-bond acceptors (Lipinski definition) is 3. The molecule has 0 aromatic carbocycles. The predicted octanol–water partition coefficient (Wildman–Crippen LogP) is 4.26. The average Bonchev–Trinajstić information content (AvgIpc) is 2.78. The molecule has 1 N–H and O–H groups in total. The number of pyridine rings is 1. The standard InChI is InChI=1S/C14H18N2S/c1-10(2)14(12-5-7-17-9-12)16-13-8-11(3)4-6-15-13/h4-10,14H,1-3H3,(H,15,16). The van der Waals surface area contributed by atoms with Crippen molar-refractivity contribution in [3.05, 3.63) is 46.3 Å². The highest BCUT2D eigenvalue weighted by molar-refractivity contribution is 7.08. The summed E-state index contributed by atoms with van der Waals surface area (Å²) in [6.45, 7) is 6.54. The minimum atomic E-state index is 0.329. The van der Waals surface area contributed by atoms with E-state index in [9.17, 15) is 0 Å². The van der Waals surface area contributed by atoms with E-state index < -0.39 is 0 Å². The number of aromatic nitrogens is 1. The van der Waals surface area contributed by atoms with Crippen molar-refractivity contribution in [1.29, 1.82) is 0 Å². The van der Waals surface area contributed by atoms with Crippen LogP contribution in [0.15, 0.2) is 35.2 Å². The topological polar surface area (TPSA) is 24.9 Å². The summed E-state index contributed by atoms with van der Waals surface area (Å²) in [6, 6.07) is 6.61. The van der Waals surface area contributed by atoms with Crippen LogP contribution in [0.3, 0.4) is 0 Å². The molecule has 2 aromatic heterocycles. The Morgan fingerprint density at radius 2 is 2.12 bits per heavy atom. The van der Waals surface area contributed by atoms with Crippen LogP contribution in [0.1, 0.15) is 31.0 Å². The van der Waals surface area contributed by atoms with Gasteiger partial charge in [0.1, 0.15) is 5.82 Å². The molecule has 0 saturated carbocycles. The van der Waals surface area contributed by atoms with Gasteiger partial charge in [0.15, 0.2) is 0 Å². The molecule has 0 radical (unpaired) electrons. The van der Waals surface area contributed by atoms with Crippen LogP contribution in [0, 0.1) is 12.8 Å². The van der Waals surface area contributed by atoms with Gasteiger partial charge in [0, 0.05) is 6.20 Å². The SMILES string of the molecule is Cc1ccnc(NC(c2ccsc2)C(C)C)c1.